The lowest BCUT2D eigenvalue weighted by atomic mass is 10.2. The van der Waals surface area contributed by atoms with Crippen molar-refractivity contribution in [2.24, 2.45) is 0 Å². The highest BCUT2D eigenvalue weighted by molar-refractivity contribution is 8.26. The van der Waals surface area contributed by atoms with Crippen molar-refractivity contribution in [2.75, 3.05) is 0 Å². The van der Waals surface area contributed by atoms with Crippen molar-refractivity contribution >= 4 is 40.3 Å². The molecule has 0 spiro atoms. The molecule has 1 aromatic carbocycles. The van der Waals surface area contributed by atoms with Crippen LogP contribution in [0.5, 0.6) is 0 Å². The van der Waals surface area contributed by atoms with Gasteiger partial charge in [-0.25, -0.2) is 4.39 Å². The van der Waals surface area contributed by atoms with Crippen LogP contribution in [0.3, 0.4) is 0 Å². The quantitative estimate of drug-likeness (QED) is 0.636. The fraction of sp³-hybridized carbons (Fsp3) is 0.0625. The first-order valence-electron chi connectivity index (χ1n) is 6.53. The molecule has 3 nitrogen and oxygen atoms in total. The van der Waals surface area contributed by atoms with E-state index in [0.29, 0.717) is 15.8 Å². The molecular weight excluding hydrogens is 319 g/mol. The van der Waals surface area contributed by atoms with E-state index < -0.39 is 0 Å². The smallest absolute Gasteiger partial charge is 0.266 e. The molecule has 0 unspecified atom stereocenters. The number of thioether (sulfide) groups is 1. The lowest BCUT2D eigenvalue weighted by molar-refractivity contribution is -0.122. The highest BCUT2D eigenvalue weighted by atomic mass is 32.2. The van der Waals surface area contributed by atoms with Gasteiger partial charge in [0.05, 0.1) is 11.4 Å². The number of hydrogen-bond donors (Lipinski definition) is 0. The third-order valence-corrected chi connectivity index (χ3v) is 4.48. The summed E-state index contributed by atoms with van der Waals surface area (Å²) >= 11 is 6.53. The maximum atomic E-state index is 12.9. The van der Waals surface area contributed by atoms with E-state index in [9.17, 15) is 9.18 Å². The van der Waals surface area contributed by atoms with Crippen molar-refractivity contribution in [3.05, 3.63) is 70.6 Å². The van der Waals surface area contributed by atoms with Gasteiger partial charge < -0.3 is 0 Å². The molecule has 0 radical (unpaired) electrons. The first kappa shape index (κ1) is 14.9. The molecule has 22 heavy (non-hydrogen) atoms. The Bertz CT molecular complexity index is 745. The van der Waals surface area contributed by atoms with Gasteiger partial charge in [-0.15, -0.1) is 0 Å². The van der Waals surface area contributed by atoms with Crippen LogP contribution in [0.15, 0.2) is 53.7 Å². The zero-order valence-electron chi connectivity index (χ0n) is 11.4. The van der Waals surface area contributed by atoms with Gasteiger partial charge in [-0.3, -0.25) is 14.7 Å². The van der Waals surface area contributed by atoms with Crippen LogP contribution in [-0.4, -0.2) is 20.1 Å². The van der Waals surface area contributed by atoms with Crippen molar-refractivity contribution in [1.29, 1.82) is 0 Å². The Morgan fingerprint density at radius 1 is 1.27 bits per heavy atom. The van der Waals surface area contributed by atoms with Crippen LogP contribution >= 0.6 is 24.0 Å². The molecule has 0 N–H and O–H groups in total. The molecule has 1 aromatic heterocycles. The predicted molar refractivity (Wildman–Crippen MR) is 89.4 cm³/mol. The van der Waals surface area contributed by atoms with E-state index in [2.05, 4.69) is 4.98 Å². The SMILES string of the molecule is O=C1/C(=C/c2ccc(F)cc2)SC(=S)N1Cc1cccnc1. The number of hydrogen-bond acceptors (Lipinski definition) is 4. The summed E-state index contributed by atoms with van der Waals surface area (Å²) in [6.45, 7) is 0.402. The van der Waals surface area contributed by atoms with E-state index >= 15 is 0 Å². The normalized spacial score (nSPS) is 16.6. The van der Waals surface area contributed by atoms with Crippen molar-refractivity contribution in [3.8, 4) is 0 Å². The summed E-state index contributed by atoms with van der Waals surface area (Å²) in [6, 6.07) is 9.70. The molecular formula is C16H11FN2OS2. The lowest BCUT2D eigenvalue weighted by Gasteiger charge is -2.13. The van der Waals surface area contributed by atoms with Crippen LogP contribution in [0.25, 0.3) is 6.08 Å². The molecule has 0 aliphatic carbocycles. The minimum atomic E-state index is -0.304. The van der Waals surface area contributed by atoms with Gasteiger partial charge in [0.15, 0.2) is 0 Å². The third kappa shape index (κ3) is 3.23. The van der Waals surface area contributed by atoms with Crippen LogP contribution in [0.4, 0.5) is 4.39 Å². The summed E-state index contributed by atoms with van der Waals surface area (Å²) in [5.41, 5.74) is 1.69. The summed E-state index contributed by atoms with van der Waals surface area (Å²) < 4.78 is 13.4. The molecule has 2 heterocycles. The second-order valence-corrected chi connectivity index (χ2v) is 6.36. The molecule has 0 bridgehead atoms. The highest BCUT2D eigenvalue weighted by Gasteiger charge is 2.31. The number of nitrogens with zero attached hydrogens (tertiary/aromatic N) is 2. The first-order chi connectivity index (χ1) is 10.6. The van der Waals surface area contributed by atoms with E-state index in [1.807, 2.05) is 12.1 Å². The Morgan fingerprint density at radius 2 is 2.05 bits per heavy atom. The topological polar surface area (TPSA) is 33.2 Å². The predicted octanol–water partition coefficient (Wildman–Crippen LogP) is 3.62. The molecule has 6 heteroatoms. The van der Waals surface area contributed by atoms with Crippen molar-refractivity contribution in [1.82, 2.24) is 9.88 Å². The van der Waals surface area contributed by atoms with Gasteiger partial charge in [0.25, 0.3) is 5.91 Å². The van der Waals surface area contributed by atoms with Gasteiger partial charge in [-0.2, -0.15) is 0 Å². The number of carbonyl (C=O) groups excluding carboxylic acids is 1. The fourth-order valence-electron chi connectivity index (χ4n) is 2.02. The summed E-state index contributed by atoms with van der Waals surface area (Å²) in [5.74, 6) is -0.440. The van der Waals surface area contributed by atoms with Gasteiger partial charge in [-0.05, 0) is 35.4 Å². The fourth-order valence-corrected chi connectivity index (χ4v) is 3.28. The van der Waals surface area contributed by atoms with Crippen molar-refractivity contribution in [3.63, 3.8) is 0 Å². The summed E-state index contributed by atoms with van der Waals surface area (Å²) in [5, 5.41) is 0. The molecule has 0 atom stereocenters. The number of pyridine rings is 1. The van der Waals surface area contributed by atoms with Gasteiger partial charge in [0.1, 0.15) is 10.1 Å². The second kappa shape index (κ2) is 6.37. The van der Waals surface area contributed by atoms with Crippen molar-refractivity contribution < 1.29 is 9.18 Å². The summed E-state index contributed by atoms with van der Waals surface area (Å²) in [4.78, 5) is 18.6. The van der Waals surface area contributed by atoms with E-state index in [1.54, 1.807) is 35.5 Å². The minimum Gasteiger partial charge on any atom is -0.288 e. The largest absolute Gasteiger partial charge is 0.288 e. The maximum Gasteiger partial charge on any atom is 0.266 e. The monoisotopic (exact) mass is 330 g/mol. The molecule has 3 rings (SSSR count). The average Bonchev–Trinajstić information content (AvgIpc) is 2.78. The zero-order valence-corrected chi connectivity index (χ0v) is 13.0. The summed E-state index contributed by atoms with van der Waals surface area (Å²) in [7, 11) is 0. The second-order valence-electron chi connectivity index (χ2n) is 4.68. The van der Waals surface area contributed by atoms with Crippen molar-refractivity contribution in [2.45, 2.75) is 6.54 Å². The molecule has 1 aliphatic rings. The molecule has 0 saturated carbocycles. The number of aromatic nitrogens is 1. The first-order valence-corrected chi connectivity index (χ1v) is 7.76. The molecule has 1 amide bonds. The molecule has 1 aliphatic heterocycles. The number of halogens is 1. The van der Waals surface area contributed by atoms with Gasteiger partial charge in [0.2, 0.25) is 0 Å². The van der Waals surface area contributed by atoms with Gasteiger partial charge in [-0.1, -0.05) is 42.2 Å². The van der Waals surface area contributed by atoms with E-state index in [-0.39, 0.29) is 11.7 Å². The maximum absolute atomic E-state index is 12.9. The Hall–Kier alpha value is -2.05. The van der Waals surface area contributed by atoms with E-state index in [4.69, 9.17) is 12.2 Å². The van der Waals surface area contributed by atoms with Crippen LogP contribution in [0.1, 0.15) is 11.1 Å². The standard InChI is InChI=1S/C16H11FN2OS2/c17-13-5-3-11(4-6-13)8-14-15(20)19(16(21)22-14)10-12-2-1-7-18-9-12/h1-9H,10H2/b14-8-. The van der Waals surface area contributed by atoms with Crippen LogP contribution in [0, 0.1) is 5.82 Å². The van der Waals surface area contributed by atoms with Crippen LogP contribution in [-0.2, 0) is 11.3 Å². The Labute approximate surface area is 136 Å². The molecule has 1 saturated heterocycles. The number of amides is 1. The molecule has 110 valence electrons. The van der Waals surface area contributed by atoms with Crippen LogP contribution in [0.2, 0.25) is 0 Å². The zero-order chi connectivity index (χ0) is 15.5. The Balaban J connectivity index is 1.80. The molecule has 1 fully saturated rings. The average molecular weight is 330 g/mol. The Kier molecular flexibility index (Phi) is 4.31. The van der Waals surface area contributed by atoms with Gasteiger partial charge in [0, 0.05) is 12.4 Å². The summed E-state index contributed by atoms with van der Waals surface area (Å²) in [6.07, 6.45) is 5.12. The molecule has 2 aromatic rings. The lowest BCUT2D eigenvalue weighted by Crippen LogP contribution is -2.27. The number of rotatable bonds is 3. The number of benzene rings is 1. The van der Waals surface area contributed by atoms with E-state index in [1.165, 1.54) is 23.9 Å². The minimum absolute atomic E-state index is 0.136. The third-order valence-electron chi connectivity index (χ3n) is 3.10. The highest BCUT2D eigenvalue weighted by Crippen LogP contribution is 2.33. The van der Waals surface area contributed by atoms with E-state index in [0.717, 1.165) is 11.1 Å². The van der Waals surface area contributed by atoms with Crippen LogP contribution < -0.4 is 0 Å². The number of thiocarbonyl (C=S) groups is 1. The number of carbonyl (C=O) groups is 1. The van der Waals surface area contributed by atoms with Gasteiger partial charge >= 0.3 is 0 Å². The Morgan fingerprint density at radius 3 is 2.73 bits per heavy atom.